The molecule has 16 heavy (non-hydrogen) atoms. The van der Waals surface area contributed by atoms with Gasteiger partial charge in [0.1, 0.15) is 5.75 Å². The van der Waals surface area contributed by atoms with E-state index < -0.39 is 0 Å². The zero-order valence-corrected chi connectivity index (χ0v) is 10.7. The van der Waals surface area contributed by atoms with Crippen molar-refractivity contribution in [3.05, 3.63) is 22.2 Å². The van der Waals surface area contributed by atoms with E-state index in [-0.39, 0.29) is 11.8 Å². The van der Waals surface area contributed by atoms with Crippen molar-refractivity contribution in [2.24, 2.45) is 11.7 Å². The van der Waals surface area contributed by atoms with Crippen LogP contribution in [0.15, 0.2) is 16.6 Å². The average molecular weight is 285 g/mol. The molecule has 1 fully saturated rings. The monoisotopic (exact) mass is 284 g/mol. The van der Waals surface area contributed by atoms with Gasteiger partial charge in [0.15, 0.2) is 0 Å². The largest absolute Gasteiger partial charge is 0.505 e. The molecule has 0 aliphatic heterocycles. The van der Waals surface area contributed by atoms with Gasteiger partial charge in [0.2, 0.25) is 0 Å². The number of nitrogens with two attached hydrogens (primary N) is 2. The van der Waals surface area contributed by atoms with Crippen LogP contribution in [-0.4, -0.2) is 5.11 Å². The topological polar surface area (TPSA) is 72.3 Å². The van der Waals surface area contributed by atoms with Crippen molar-refractivity contribution in [2.75, 3.05) is 5.73 Å². The van der Waals surface area contributed by atoms with Gasteiger partial charge in [0, 0.05) is 16.1 Å². The van der Waals surface area contributed by atoms with Crippen LogP contribution in [0.2, 0.25) is 0 Å². The zero-order chi connectivity index (χ0) is 11.7. The molecule has 1 aromatic rings. The Hall–Kier alpha value is -0.740. The molecule has 4 heteroatoms. The number of hydrogen-bond donors (Lipinski definition) is 3. The highest BCUT2D eigenvalue weighted by atomic mass is 79.9. The number of halogens is 1. The van der Waals surface area contributed by atoms with Gasteiger partial charge in [-0.15, -0.1) is 0 Å². The van der Waals surface area contributed by atoms with Gasteiger partial charge in [-0.25, -0.2) is 0 Å². The summed E-state index contributed by atoms with van der Waals surface area (Å²) in [6, 6.07) is 3.41. The lowest BCUT2D eigenvalue weighted by Gasteiger charge is -2.22. The molecule has 5 N–H and O–H groups in total. The Balaban J connectivity index is 2.34. The molecule has 2 rings (SSSR count). The van der Waals surface area contributed by atoms with Crippen LogP contribution in [0.5, 0.6) is 5.75 Å². The minimum Gasteiger partial charge on any atom is -0.505 e. The van der Waals surface area contributed by atoms with E-state index in [4.69, 9.17) is 11.5 Å². The zero-order valence-electron chi connectivity index (χ0n) is 9.12. The summed E-state index contributed by atoms with van der Waals surface area (Å²) < 4.78 is 0.846. The van der Waals surface area contributed by atoms with Gasteiger partial charge in [-0.2, -0.15) is 0 Å². The van der Waals surface area contributed by atoms with E-state index >= 15 is 0 Å². The normalized spacial score (nSPS) is 18.9. The van der Waals surface area contributed by atoms with Crippen LogP contribution in [-0.2, 0) is 0 Å². The third-order valence-electron chi connectivity index (χ3n) is 3.44. The smallest absolute Gasteiger partial charge is 0.144 e. The summed E-state index contributed by atoms with van der Waals surface area (Å²) in [5.74, 6) is 0.595. The molecule has 1 saturated carbocycles. The molecule has 1 atom stereocenters. The molecule has 0 unspecified atom stereocenters. The Morgan fingerprint density at radius 2 is 1.94 bits per heavy atom. The van der Waals surface area contributed by atoms with E-state index in [1.54, 1.807) is 6.07 Å². The maximum atomic E-state index is 9.97. The third-order valence-corrected chi connectivity index (χ3v) is 4.13. The lowest BCUT2D eigenvalue weighted by molar-refractivity contribution is 0.412. The maximum Gasteiger partial charge on any atom is 0.144 e. The number of phenols is 1. The summed E-state index contributed by atoms with van der Waals surface area (Å²) in [5.41, 5.74) is 13.1. The Morgan fingerprint density at radius 3 is 2.56 bits per heavy atom. The third kappa shape index (κ3) is 2.04. The maximum absolute atomic E-state index is 9.97. The number of aromatic hydroxyl groups is 1. The first-order valence-electron chi connectivity index (χ1n) is 5.63. The van der Waals surface area contributed by atoms with Crippen molar-refractivity contribution in [1.82, 2.24) is 0 Å². The molecule has 88 valence electrons. The van der Waals surface area contributed by atoms with E-state index in [1.807, 2.05) is 6.07 Å². The molecule has 0 aromatic heterocycles. The molecule has 0 saturated heterocycles. The van der Waals surface area contributed by atoms with Crippen LogP contribution in [0.3, 0.4) is 0 Å². The van der Waals surface area contributed by atoms with Crippen LogP contribution >= 0.6 is 15.9 Å². The van der Waals surface area contributed by atoms with Crippen LogP contribution in [0.4, 0.5) is 5.69 Å². The molecule has 3 nitrogen and oxygen atoms in total. The minimum atomic E-state index is -0.125. The second-order valence-corrected chi connectivity index (χ2v) is 5.32. The molecular weight excluding hydrogens is 268 g/mol. The highest BCUT2D eigenvalue weighted by molar-refractivity contribution is 9.10. The summed E-state index contributed by atoms with van der Waals surface area (Å²) >= 11 is 3.43. The van der Waals surface area contributed by atoms with E-state index in [2.05, 4.69) is 15.9 Å². The Bertz CT molecular complexity index is 389. The molecular formula is C12H17BrN2O. The van der Waals surface area contributed by atoms with E-state index in [9.17, 15) is 5.11 Å². The minimum absolute atomic E-state index is 0.125. The molecule has 0 radical (unpaired) electrons. The molecule has 1 aromatic carbocycles. The number of anilines is 1. The van der Waals surface area contributed by atoms with Crippen molar-refractivity contribution in [2.45, 2.75) is 31.7 Å². The Kier molecular flexibility index (Phi) is 3.40. The lowest BCUT2D eigenvalue weighted by Crippen LogP contribution is -2.20. The first kappa shape index (κ1) is 11.7. The fourth-order valence-electron chi connectivity index (χ4n) is 2.47. The molecule has 0 amide bonds. The second kappa shape index (κ2) is 4.63. The second-order valence-electron chi connectivity index (χ2n) is 4.47. The average Bonchev–Trinajstić information content (AvgIpc) is 2.77. The fourth-order valence-corrected chi connectivity index (χ4v) is 3.05. The molecule has 1 aliphatic rings. The summed E-state index contributed by atoms with van der Waals surface area (Å²) in [5, 5.41) is 9.97. The van der Waals surface area contributed by atoms with Crippen molar-refractivity contribution in [3.63, 3.8) is 0 Å². The van der Waals surface area contributed by atoms with Gasteiger partial charge in [-0.1, -0.05) is 28.8 Å². The standard InChI is InChI=1S/C12H17BrN2O/c13-8-5-6-9(14)12(16)10(8)11(15)7-3-1-2-4-7/h5-7,11,16H,1-4,14-15H2/t11-/m1/s1. The van der Waals surface area contributed by atoms with Gasteiger partial charge >= 0.3 is 0 Å². The number of hydrogen-bond acceptors (Lipinski definition) is 3. The van der Waals surface area contributed by atoms with Crippen LogP contribution in [0.25, 0.3) is 0 Å². The Morgan fingerprint density at radius 1 is 1.31 bits per heavy atom. The lowest BCUT2D eigenvalue weighted by atomic mass is 9.91. The van der Waals surface area contributed by atoms with Crippen LogP contribution in [0, 0.1) is 5.92 Å². The van der Waals surface area contributed by atoms with Gasteiger partial charge in [0.25, 0.3) is 0 Å². The first-order valence-corrected chi connectivity index (χ1v) is 6.43. The molecule has 0 spiro atoms. The Labute approximate surface area is 104 Å². The quantitative estimate of drug-likeness (QED) is 0.578. The predicted molar refractivity (Wildman–Crippen MR) is 69.1 cm³/mol. The van der Waals surface area contributed by atoms with E-state index in [0.717, 1.165) is 22.9 Å². The van der Waals surface area contributed by atoms with Crippen LogP contribution in [0.1, 0.15) is 37.3 Å². The molecule has 1 aliphatic carbocycles. The van der Waals surface area contributed by atoms with Gasteiger partial charge in [-0.05, 0) is 30.9 Å². The van der Waals surface area contributed by atoms with Gasteiger partial charge in [0.05, 0.1) is 5.69 Å². The summed E-state index contributed by atoms with van der Waals surface area (Å²) in [6.07, 6.45) is 4.75. The van der Waals surface area contributed by atoms with E-state index in [0.29, 0.717) is 11.6 Å². The first-order chi connectivity index (χ1) is 7.61. The van der Waals surface area contributed by atoms with Crippen molar-refractivity contribution >= 4 is 21.6 Å². The van der Waals surface area contributed by atoms with Crippen molar-refractivity contribution in [3.8, 4) is 5.75 Å². The van der Waals surface area contributed by atoms with Gasteiger partial charge < -0.3 is 16.6 Å². The summed E-state index contributed by atoms with van der Waals surface area (Å²) in [7, 11) is 0. The van der Waals surface area contributed by atoms with Crippen LogP contribution < -0.4 is 11.5 Å². The highest BCUT2D eigenvalue weighted by Crippen LogP contribution is 2.42. The summed E-state index contributed by atoms with van der Waals surface area (Å²) in [4.78, 5) is 0. The number of benzene rings is 1. The number of rotatable bonds is 2. The van der Waals surface area contributed by atoms with Crippen molar-refractivity contribution < 1.29 is 5.11 Å². The number of phenolic OH excluding ortho intramolecular Hbond substituents is 1. The summed E-state index contributed by atoms with van der Waals surface area (Å²) in [6.45, 7) is 0. The fraction of sp³-hybridized carbons (Fsp3) is 0.500. The van der Waals surface area contributed by atoms with Crippen molar-refractivity contribution in [1.29, 1.82) is 0 Å². The molecule has 0 heterocycles. The highest BCUT2D eigenvalue weighted by Gasteiger charge is 2.27. The van der Waals surface area contributed by atoms with E-state index in [1.165, 1.54) is 12.8 Å². The predicted octanol–water partition coefficient (Wildman–Crippen LogP) is 2.93. The number of nitrogen functional groups attached to an aromatic ring is 1. The SMILES string of the molecule is Nc1ccc(Br)c([C@H](N)C2CCCC2)c1O. The molecule has 0 bridgehead atoms. The van der Waals surface area contributed by atoms with Gasteiger partial charge in [-0.3, -0.25) is 0 Å².